The van der Waals surface area contributed by atoms with Crippen LogP contribution in [-0.2, 0) is 15.8 Å². The summed E-state index contributed by atoms with van der Waals surface area (Å²) in [4.78, 5) is 0.139. The highest BCUT2D eigenvalue weighted by molar-refractivity contribution is 7.98. The second-order valence-corrected chi connectivity index (χ2v) is 8.47. The van der Waals surface area contributed by atoms with Crippen molar-refractivity contribution in [3.63, 3.8) is 0 Å². The minimum Gasteiger partial charge on any atom is -0.210 e. The van der Waals surface area contributed by atoms with Crippen molar-refractivity contribution in [3.8, 4) is 6.07 Å². The summed E-state index contributed by atoms with van der Waals surface area (Å²) in [5.74, 6) is 1.19. The SMILES string of the molecule is N#Cc1ccc(S(=O)(=O)NCCSCc2c(Cl)cccc2Cl)cc1. The van der Waals surface area contributed by atoms with E-state index in [4.69, 9.17) is 28.5 Å². The summed E-state index contributed by atoms with van der Waals surface area (Å²) in [7, 11) is -3.57. The van der Waals surface area contributed by atoms with Gasteiger partial charge in [-0.05, 0) is 42.0 Å². The number of hydrogen-bond donors (Lipinski definition) is 1. The predicted octanol–water partition coefficient (Wildman–Crippen LogP) is 4.08. The van der Waals surface area contributed by atoms with Gasteiger partial charge in [-0.25, -0.2) is 13.1 Å². The van der Waals surface area contributed by atoms with E-state index >= 15 is 0 Å². The van der Waals surface area contributed by atoms with E-state index < -0.39 is 10.0 Å². The van der Waals surface area contributed by atoms with Crippen LogP contribution >= 0.6 is 35.0 Å². The number of halogens is 2. The highest BCUT2D eigenvalue weighted by atomic mass is 35.5. The molecule has 0 saturated carbocycles. The Balaban J connectivity index is 1.84. The maximum absolute atomic E-state index is 12.1. The Kier molecular flexibility index (Phi) is 6.96. The minimum atomic E-state index is -3.57. The van der Waals surface area contributed by atoms with Gasteiger partial charge in [-0.1, -0.05) is 29.3 Å². The zero-order valence-corrected chi connectivity index (χ0v) is 15.6. The van der Waals surface area contributed by atoms with E-state index in [0.717, 1.165) is 5.56 Å². The van der Waals surface area contributed by atoms with E-state index in [-0.39, 0.29) is 11.4 Å². The topological polar surface area (TPSA) is 70.0 Å². The molecular formula is C16H14Cl2N2O2S2. The fraction of sp³-hybridized carbons (Fsp3) is 0.188. The first kappa shape index (κ1) is 19.1. The summed E-state index contributed by atoms with van der Waals surface area (Å²) in [6, 6.07) is 13.1. The summed E-state index contributed by atoms with van der Waals surface area (Å²) in [5, 5.41) is 9.94. The number of nitriles is 1. The van der Waals surface area contributed by atoms with Crippen molar-refractivity contribution >= 4 is 45.0 Å². The maximum Gasteiger partial charge on any atom is 0.240 e. The first-order valence-corrected chi connectivity index (χ1v) is 10.3. The van der Waals surface area contributed by atoms with Crippen LogP contribution in [0.5, 0.6) is 0 Å². The molecule has 2 aromatic carbocycles. The van der Waals surface area contributed by atoms with Crippen LogP contribution in [0.25, 0.3) is 0 Å². The van der Waals surface area contributed by atoms with E-state index in [1.165, 1.54) is 36.0 Å². The Morgan fingerprint density at radius 1 is 1.08 bits per heavy atom. The molecule has 24 heavy (non-hydrogen) atoms. The summed E-state index contributed by atoms with van der Waals surface area (Å²) in [6.45, 7) is 0.287. The number of benzene rings is 2. The summed E-state index contributed by atoms with van der Waals surface area (Å²) < 4.78 is 26.8. The molecule has 0 aromatic heterocycles. The van der Waals surface area contributed by atoms with Crippen LogP contribution in [0.3, 0.4) is 0 Å². The Hall–Kier alpha value is -1.23. The van der Waals surface area contributed by atoms with Crippen molar-refractivity contribution in [2.24, 2.45) is 0 Å². The molecular weight excluding hydrogens is 387 g/mol. The number of hydrogen-bond acceptors (Lipinski definition) is 4. The van der Waals surface area contributed by atoms with Crippen LogP contribution in [0.1, 0.15) is 11.1 Å². The van der Waals surface area contributed by atoms with Crippen LogP contribution in [0, 0.1) is 11.3 Å². The zero-order chi connectivity index (χ0) is 17.6. The Bertz CT molecular complexity index is 827. The van der Waals surface area contributed by atoms with Gasteiger partial charge in [0.15, 0.2) is 0 Å². The van der Waals surface area contributed by atoms with Crippen LogP contribution < -0.4 is 4.72 Å². The molecule has 0 amide bonds. The monoisotopic (exact) mass is 400 g/mol. The summed E-state index contributed by atoms with van der Waals surface area (Å²) >= 11 is 13.7. The molecule has 0 aliphatic rings. The maximum atomic E-state index is 12.1. The number of nitrogens with one attached hydrogen (secondary N) is 1. The molecule has 0 fully saturated rings. The smallest absolute Gasteiger partial charge is 0.210 e. The lowest BCUT2D eigenvalue weighted by Crippen LogP contribution is -2.26. The van der Waals surface area contributed by atoms with Crippen molar-refractivity contribution in [1.82, 2.24) is 4.72 Å². The normalized spacial score (nSPS) is 11.2. The van der Waals surface area contributed by atoms with Gasteiger partial charge in [-0.15, -0.1) is 0 Å². The highest BCUT2D eigenvalue weighted by Gasteiger charge is 2.13. The fourth-order valence-electron chi connectivity index (χ4n) is 1.88. The molecule has 0 aliphatic carbocycles. The van der Waals surface area contributed by atoms with E-state index in [1.54, 1.807) is 18.2 Å². The average Bonchev–Trinajstić information content (AvgIpc) is 2.57. The van der Waals surface area contributed by atoms with Gasteiger partial charge in [0.05, 0.1) is 16.5 Å². The molecule has 0 heterocycles. The van der Waals surface area contributed by atoms with Gasteiger partial charge < -0.3 is 0 Å². The molecule has 0 radical (unpaired) electrons. The van der Waals surface area contributed by atoms with Crippen molar-refractivity contribution in [2.75, 3.05) is 12.3 Å². The lowest BCUT2D eigenvalue weighted by atomic mass is 10.2. The highest BCUT2D eigenvalue weighted by Crippen LogP contribution is 2.28. The van der Waals surface area contributed by atoms with E-state index in [0.29, 0.717) is 27.1 Å². The van der Waals surface area contributed by atoms with Gasteiger partial charge >= 0.3 is 0 Å². The molecule has 4 nitrogen and oxygen atoms in total. The number of thioether (sulfide) groups is 1. The van der Waals surface area contributed by atoms with Crippen molar-refractivity contribution in [3.05, 3.63) is 63.6 Å². The number of rotatable bonds is 7. The molecule has 0 unspecified atom stereocenters. The Morgan fingerprint density at radius 2 is 1.71 bits per heavy atom. The average molecular weight is 401 g/mol. The molecule has 1 N–H and O–H groups in total. The number of nitrogens with zero attached hydrogens (tertiary/aromatic N) is 1. The standard InChI is InChI=1S/C16H14Cl2N2O2S2/c17-15-2-1-3-16(18)14(15)11-23-9-8-20-24(21,22)13-6-4-12(10-19)5-7-13/h1-7,20H,8-9,11H2. The molecule has 126 valence electrons. The summed E-state index contributed by atoms with van der Waals surface area (Å²) in [6.07, 6.45) is 0. The molecule has 2 aromatic rings. The van der Waals surface area contributed by atoms with Gasteiger partial charge in [-0.3, -0.25) is 0 Å². The van der Waals surface area contributed by atoms with Crippen molar-refractivity contribution < 1.29 is 8.42 Å². The molecule has 8 heteroatoms. The van der Waals surface area contributed by atoms with Gasteiger partial charge in [0.1, 0.15) is 0 Å². The van der Waals surface area contributed by atoms with Gasteiger partial charge in [0, 0.05) is 28.1 Å². The first-order chi connectivity index (χ1) is 11.4. The third kappa shape index (κ3) is 5.13. The van der Waals surface area contributed by atoms with E-state index in [9.17, 15) is 8.42 Å². The Morgan fingerprint density at radius 3 is 2.29 bits per heavy atom. The number of sulfonamides is 1. The molecule has 0 bridgehead atoms. The van der Waals surface area contributed by atoms with Gasteiger partial charge in [0.25, 0.3) is 0 Å². The molecule has 2 rings (SSSR count). The van der Waals surface area contributed by atoms with Gasteiger partial charge in [0.2, 0.25) is 10.0 Å². The van der Waals surface area contributed by atoms with Crippen molar-refractivity contribution in [2.45, 2.75) is 10.6 Å². The first-order valence-electron chi connectivity index (χ1n) is 6.94. The van der Waals surface area contributed by atoms with Crippen LogP contribution in [0.4, 0.5) is 0 Å². The van der Waals surface area contributed by atoms with Crippen LogP contribution in [-0.4, -0.2) is 20.7 Å². The predicted molar refractivity (Wildman–Crippen MR) is 99.0 cm³/mol. The third-order valence-corrected chi connectivity index (χ3v) is 6.31. The largest absolute Gasteiger partial charge is 0.240 e. The zero-order valence-electron chi connectivity index (χ0n) is 12.5. The second-order valence-electron chi connectivity index (χ2n) is 4.79. The van der Waals surface area contributed by atoms with E-state index in [1.807, 2.05) is 6.07 Å². The molecule has 0 spiro atoms. The summed E-state index contributed by atoms with van der Waals surface area (Å²) in [5.41, 5.74) is 1.27. The Labute approximate surface area is 155 Å². The van der Waals surface area contributed by atoms with Crippen molar-refractivity contribution in [1.29, 1.82) is 5.26 Å². The fourth-order valence-corrected chi connectivity index (χ4v) is 4.64. The molecule has 0 aliphatic heterocycles. The molecule has 0 saturated heterocycles. The van der Waals surface area contributed by atoms with Crippen LogP contribution in [0.2, 0.25) is 10.0 Å². The quantitative estimate of drug-likeness (QED) is 0.710. The second kappa shape index (κ2) is 8.75. The lowest BCUT2D eigenvalue weighted by Gasteiger charge is -2.08. The van der Waals surface area contributed by atoms with E-state index in [2.05, 4.69) is 4.72 Å². The van der Waals surface area contributed by atoms with Crippen LogP contribution in [0.15, 0.2) is 47.4 Å². The minimum absolute atomic E-state index is 0.139. The third-order valence-electron chi connectivity index (χ3n) is 3.14. The lowest BCUT2D eigenvalue weighted by molar-refractivity contribution is 0.584. The molecule has 0 atom stereocenters. The van der Waals surface area contributed by atoms with Gasteiger partial charge in [-0.2, -0.15) is 17.0 Å².